The second-order valence-corrected chi connectivity index (χ2v) is 3.43. The second kappa shape index (κ2) is 3.30. The third-order valence-electron chi connectivity index (χ3n) is 1.83. The summed E-state index contributed by atoms with van der Waals surface area (Å²) in [6, 6.07) is 0. The maximum Gasteiger partial charge on any atom is 0.455 e. The highest BCUT2D eigenvalue weighted by atomic mass is 19.4. The average Bonchev–Trinajstić information content (AvgIpc) is 1.95. The number of hydrogen-bond acceptors (Lipinski definition) is 2. The fourth-order valence-electron chi connectivity index (χ4n) is 0.820. The lowest BCUT2D eigenvalue weighted by Crippen LogP contribution is -2.52. The van der Waals surface area contributed by atoms with Gasteiger partial charge < -0.3 is 9.47 Å². The zero-order valence-electron chi connectivity index (χ0n) is 7.33. The maximum absolute atomic E-state index is 12.3. The number of rotatable bonds is 3. The lowest BCUT2D eigenvalue weighted by Gasteiger charge is -2.38. The van der Waals surface area contributed by atoms with Crippen LogP contribution in [0, 0.1) is 0 Å². The van der Waals surface area contributed by atoms with Gasteiger partial charge in [-0.3, -0.25) is 0 Å². The number of hydrogen-bond donors (Lipinski definition) is 0. The Kier molecular flexibility index (Phi) is 2.75. The van der Waals surface area contributed by atoms with Gasteiger partial charge >= 0.3 is 12.1 Å². The van der Waals surface area contributed by atoms with E-state index in [1.54, 1.807) is 0 Å². The molecule has 2 nitrogen and oxygen atoms in total. The minimum absolute atomic E-state index is 0.0426. The summed E-state index contributed by atoms with van der Waals surface area (Å²) in [6.45, 7) is -0.152. The van der Waals surface area contributed by atoms with Crippen LogP contribution in [0.15, 0.2) is 0 Å². The van der Waals surface area contributed by atoms with E-state index in [0.29, 0.717) is 0 Å². The molecule has 1 aliphatic heterocycles. The van der Waals surface area contributed by atoms with Crippen LogP contribution in [0.5, 0.6) is 0 Å². The molecule has 1 aliphatic rings. The first-order valence-corrected chi connectivity index (χ1v) is 3.83. The summed E-state index contributed by atoms with van der Waals surface area (Å²) in [4.78, 5) is 0. The van der Waals surface area contributed by atoms with Crippen molar-refractivity contribution in [2.45, 2.75) is 24.6 Å². The monoisotopic (exact) mass is 220 g/mol. The maximum atomic E-state index is 12.3. The summed E-state index contributed by atoms with van der Waals surface area (Å²) in [5.74, 6) is -4.80. The van der Waals surface area contributed by atoms with Crippen LogP contribution in [0.4, 0.5) is 22.0 Å². The van der Waals surface area contributed by atoms with E-state index in [1.165, 1.54) is 6.92 Å². The molecule has 0 aliphatic carbocycles. The Morgan fingerprint density at radius 1 is 1.21 bits per heavy atom. The molecule has 0 amide bonds. The molecule has 1 fully saturated rings. The average molecular weight is 220 g/mol. The van der Waals surface area contributed by atoms with Crippen molar-refractivity contribution in [3.05, 3.63) is 0 Å². The van der Waals surface area contributed by atoms with Crippen molar-refractivity contribution in [2.24, 2.45) is 0 Å². The molecule has 0 spiro atoms. The zero-order chi connectivity index (χ0) is 11.0. The van der Waals surface area contributed by atoms with E-state index in [-0.39, 0.29) is 13.2 Å². The van der Waals surface area contributed by atoms with E-state index in [2.05, 4.69) is 9.47 Å². The number of ether oxygens (including phenoxy) is 2. The smallest absolute Gasteiger partial charge is 0.375 e. The van der Waals surface area contributed by atoms with Gasteiger partial charge in [-0.25, -0.2) is 0 Å². The van der Waals surface area contributed by atoms with Crippen molar-refractivity contribution < 1.29 is 31.4 Å². The zero-order valence-corrected chi connectivity index (χ0v) is 7.33. The fraction of sp³-hybridized carbons (Fsp3) is 1.00. The van der Waals surface area contributed by atoms with Gasteiger partial charge in [0.2, 0.25) is 0 Å². The molecule has 0 aromatic rings. The van der Waals surface area contributed by atoms with E-state index in [4.69, 9.17) is 0 Å². The van der Waals surface area contributed by atoms with Gasteiger partial charge in [-0.2, -0.15) is 22.0 Å². The molecule has 1 heterocycles. The molecular formula is C7H9F5O2. The van der Waals surface area contributed by atoms with Crippen LogP contribution in [0.25, 0.3) is 0 Å². The second-order valence-electron chi connectivity index (χ2n) is 3.43. The molecule has 0 unspecified atom stereocenters. The predicted octanol–water partition coefficient (Wildman–Crippen LogP) is 1.99. The minimum atomic E-state index is -5.56. The van der Waals surface area contributed by atoms with Gasteiger partial charge in [-0.1, -0.05) is 0 Å². The first kappa shape index (κ1) is 11.6. The van der Waals surface area contributed by atoms with Crippen LogP contribution >= 0.6 is 0 Å². The van der Waals surface area contributed by atoms with Gasteiger partial charge in [0, 0.05) is 0 Å². The van der Waals surface area contributed by atoms with E-state index in [9.17, 15) is 22.0 Å². The Labute approximate surface area is 77.0 Å². The lowest BCUT2D eigenvalue weighted by molar-refractivity contribution is -0.317. The van der Waals surface area contributed by atoms with Crippen molar-refractivity contribution in [3.63, 3.8) is 0 Å². The Morgan fingerprint density at radius 3 is 2.00 bits per heavy atom. The Bertz CT molecular complexity index is 209. The largest absolute Gasteiger partial charge is 0.455 e. The van der Waals surface area contributed by atoms with Gasteiger partial charge in [0.05, 0.1) is 13.2 Å². The summed E-state index contributed by atoms with van der Waals surface area (Å²) in [5, 5.41) is 0. The molecule has 0 N–H and O–H groups in total. The third-order valence-corrected chi connectivity index (χ3v) is 1.83. The van der Waals surface area contributed by atoms with Gasteiger partial charge in [0.15, 0.2) is 0 Å². The molecule has 0 aromatic heterocycles. The predicted molar refractivity (Wildman–Crippen MR) is 36.2 cm³/mol. The van der Waals surface area contributed by atoms with Gasteiger partial charge in [-0.05, 0) is 6.92 Å². The third kappa shape index (κ3) is 2.33. The quantitative estimate of drug-likeness (QED) is 0.677. The van der Waals surface area contributed by atoms with Crippen LogP contribution in [-0.2, 0) is 9.47 Å². The molecule has 0 aromatic carbocycles. The molecular weight excluding hydrogens is 211 g/mol. The summed E-state index contributed by atoms with van der Waals surface area (Å²) in [7, 11) is 0. The first-order chi connectivity index (χ1) is 6.16. The Hall–Kier alpha value is -0.430. The van der Waals surface area contributed by atoms with Gasteiger partial charge in [0.1, 0.15) is 12.2 Å². The lowest BCUT2D eigenvalue weighted by atomic mass is 10.1. The first-order valence-electron chi connectivity index (χ1n) is 3.83. The van der Waals surface area contributed by atoms with Crippen LogP contribution < -0.4 is 0 Å². The standard InChI is InChI=1S/C7H9F5O2/c1-5(2-13-3-5)14-4-6(8,9)7(10,11)12/h2-4H2,1H3. The summed E-state index contributed by atoms with van der Waals surface area (Å²) < 4.78 is 68.8. The fourth-order valence-corrected chi connectivity index (χ4v) is 0.820. The van der Waals surface area contributed by atoms with Crippen molar-refractivity contribution in [1.82, 2.24) is 0 Å². The van der Waals surface area contributed by atoms with E-state index >= 15 is 0 Å². The highest BCUT2D eigenvalue weighted by molar-refractivity contribution is 4.84. The molecule has 0 radical (unpaired) electrons. The normalized spacial score (nSPS) is 21.9. The molecule has 0 atom stereocenters. The molecule has 0 bridgehead atoms. The van der Waals surface area contributed by atoms with Crippen LogP contribution in [-0.4, -0.2) is 37.5 Å². The van der Waals surface area contributed by atoms with Crippen molar-refractivity contribution in [2.75, 3.05) is 19.8 Å². The Balaban J connectivity index is 2.44. The molecule has 1 saturated heterocycles. The van der Waals surface area contributed by atoms with Gasteiger partial charge in [0.25, 0.3) is 0 Å². The summed E-state index contributed by atoms with van der Waals surface area (Å²) in [5.41, 5.74) is -1.01. The van der Waals surface area contributed by atoms with E-state index in [1.807, 2.05) is 0 Å². The van der Waals surface area contributed by atoms with Crippen molar-refractivity contribution in [1.29, 1.82) is 0 Å². The molecule has 14 heavy (non-hydrogen) atoms. The molecule has 84 valence electrons. The Morgan fingerprint density at radius 2 is 1.71 bits per heavy atom. The number of alkyl halides is 5. The molecule has 1 rings (SSSR count). The summed E-state index contributed by atoms with van der Waals surface area (Å²) in [6.07, 6.45) is -5.56. The highest BCUT2D eigenvalue weighted by Crippen LogP contribution is 2.37. The minimum Gasteiger partial charge on any atom is -0.375 e. The highest BCUT2D eigenvalue weighted by Gasteiger charge is 2.58. The molecule has 0 saturated carbocycles. The van der Waals surface area contributed by atoms with Crippen LogP contribution in [0.1, 0.15) is 6.92 Å². The SMILES string of the molecule is CC1(OCC(F)(F)C(F)(F)F)COC1. The van der Waals surface area contributed by atoms with E-state index in [0.717, 1.165) is 0 Å². The van der Waals surface area contributed by atoms with Crippen molar-refractivity contribution in [3.8, 4) is 0 Å². The summed E-state index contributed by atoms with van der Waals surface area (Å²) >= 11 is 0. The van der Waals surface area contributed by atoms with Crippen LogP contribution in [0.2, 0.25) is 0 Å². The topological polar surface area (TPSA) is 18.5 Å². The van der Waals surface area contributed by atoms with Crippen molar-refractivity contribution >= 4 is 0 Å². The van der Waals surface area contributed by atoms with Crippen LogP contribution in [0.3, 0.4) is 0 Å². The number of halogens is 5. The van der Waals surface area contributed by atoms with E-state index < -0.39 is 24.3 Å². The van der Waals surface area contributed by atoms with Gasteiger partial charge in [-0.15, -0.1) is 0 Å². The molecule has 7 heteroatoms.